The summed E-state index contributed by atoms with van der Waals surface area (Å²) < 4.78 is 5.39. The van der Waals surface area contributed by atoms with Crippen LogP contribution >= 0.6 is 23.1 Å². The van der Waals surface area contributed by atoms with Crippen LogP contribution in [0.4, 0.5) is 16.5 Å². The Balaban J connectivity index is 1.32. The topological polar surface area (TPSA) is 123 Å². The van der Waals surface area contributed by atoms with E-state index in [2.05, 4.69) is 15.6 Å². The van der Waals surface area contributed by atoms with Crippen LogP contribution in [0.2, 0.25) is 0 Å². The van der Waals surface area contributed by atoms with Crippen molar-refractivity contribution in [1.82, 2.24) is 4.98 Å². The molecule has 1 unspecified atom stereocenters. The lowest BCUT2D eigenvalue weighted by Gasteiger charge is -2.11. The number of methoxy groups -OCH3 is 1. The summed E-state index contributed by atoms with van der Waals surface area (Å²) in [6, 6.07) is 20.0. The first-order valence-corrected chi connectivity index (χ1v) is 12.8. The Bertz CT molecular complexity index is 1420. The predicted octanol–water partition coefficient (Wildman–Crippen LogP) is 6.10. The Labute approximate surface area is 221 Å². The molecule has 1 atom stereocenters. The number of hydrogen-bond donors (Lipinski definition) is 2. The van der Waals surface area contributed by atoms with Gasteiger partial charge in [0.25, 0.3) is 11.6 Å². The van der Waals surface area contributed by atoms with Crippen molar-refractivity contribution in [1.29, 1.82) is 0 Å². The number of carbonyl (C=O) groups is 2. The number of rotatable bonds is 9. The van der Waals surface area contributed by atoms with E-state index >= 15 is 0 Å². The molecule has 2 N–H and O–H groups in total. The van der Waals surface area contributed by atoms with Gasteiger partial charge in [0.1, 0.15) is 5.75 Å². The standard InChI is InChI=1S/C26H22N4O5S2/c1-16(24(31)29-26-28-22(15-36-26)21-5-3-4-6-23(21)35-2)37-20-13-9-18(10-14-20)27-25(32)17-7-11-19(12-8-17)30(33)34/h3-16H,1-2H3,(H,27,32)(H,28,29,31). The normalized spacial score (nSPS) is 11.4. The lowest BCUT2D eigenvalue weighted by molar-refractivity contribution is -0.384. The molecule has 0 saturated heterocycles. The van der Waals surface area contributed by atoms with Crippen molar-refractivity contribution in [3.63, 3.8) is 0 Å². The number of para-hydroxylation sites is 1. The Kier molecular flexibility index (Phi) is 8.16. The highest BCUT2D eigenvalue weighted by molar-refractivity contribution is 8.00. The third-order valence-corrected chi connectivity index (χ3v) is 7.12. The van der Waals surface area contributed by atoms with Crippen LogP contribution in [0.15, 0.2) is 83.1 Å². The van der Waals surface area contributed by atoms with E-state index in [4.69, 9.17) is 4.74 Å². The molecule has 188 valence electrons. The minimum absolute atomic E-state index is 0.0807. The summed E-state index contributed by atoms with van der Waals surface area (Å²) in [6.45, 7) is 1.80. The van der Waals surface area contributed by atoms with Crippen molar-refractivity contribution in [3.05, 3.63) is 93.9 Å². The lowest BCUT2D eigenvalue weighted by atomic mass is 10.1. The van der Waals surface area contributed by atoms with E-state index in [0.29, 0.717) is 22.1 Å². The molecule has 0 fully saturated rings. The molecular weight excluding hydrogens is 512 g/mol. The van der Waals surface area contributed by atoms with Gasteiger partial charge in [-0.05, 0) is 55.5 Å². The zero-order valence-electron chi connectivity index (χ0n) is 19.8. The highest BCUT2D eigenvalue weighted by Gasteiger charge is 2.17. The van der Waals surface area contributed by atoms with E-state index < -0.39 is 4.92 Å². The van der Waals surface area contributed by atoms with E-state index in [9.17, 15) is 19.7 Å². The van der Waals surface area contributed by atoms with Crippen LogP contribution in [0, 0.1) is 10.1 Å². The van der Waals surface area contributed by atoms with Crippen LogP contribution in [0.3, 0.4) is 0 Å². The van der Waals surface area contributed by atoms with Crippen LogP contribution in [0.25, 0.3) is 11.3 Å². The van der Waals surface area contributed by atoms with Gasteiger partial charge in [-0.25, -0.2) is 4.98 Å². The highest BCUT2D eigenvalue weighted by Crippen LogP contribution is 2.32. The van der Waals surface area contributed by atoms with Crippen molar-refractivity contribution in [2.24, 2.45) is 0 Å². The second-order valence-electron chi connectivity index (χ2n) is 7.77. The summed E-state index contributed by atoms with van der Waals surface area (Å²) in [5.74, 6) is 0.155. The predicted molar refractivity (Wildman–Crippen MR) is 146 cm³/mol. The van der Waals surface area contributed by atoms with Gasteiger partial charge in [0, 0.05) is 39.2 Å². The number of nitrogens with one attached hydrogen (secondary N) is 2. The average Bonchev–Trinajstić information content (AvgIpc) is 3.38. The number of hydrogen-bond acceptors (Lipinski definition) is 8. The average molecular weight is 535 g/mol. The second-order valence-corrected chi connectivity index (χ2v) is 10.0. The molecule has 4 aromatic rings. The number of benzene rings is 3. The van der Waals surface area contributed by atoms with Gasteiger partial charge in [0.15, 0.2) is 5.13 Å². The van der Waals surface area contributed by atoms with E-state index in [1.807, 2.05) is 41.8 Å². The van der Waals surface area contributed by atoms with Gasteiger partial charge in [-0.1, -0.05) is 12.1 Å². The minimum Gasteiger partial charge on any atom is -0.496 e. The van der Waals surface area contributed by atoms with Crippen LogP contribution in [-0.4, -0.2) is 34.1 Å². The smallest absolute Gasteiger partial charge is 0.269 e. The van der Waals surface area contributed by atoms with Crippen molar-refractivity contribution in [3.8, 4) is 17.0 Å². The molecule has 4 rings (SSSR count). The fourth-order valence-electron chi connectivity index (χ4n) is 3.33. The number of anilines is 2. The van der Waals surface area contributed by atoms with Crippen LogP contribution in [0.1, 0.15) is 17.3 Å². The zero-order valence-corrected chi connectivity index (χ0v) is 21.5. The van der Waals surface area contributed by atoms with Crippen molar-refractivity contribution in [2.45, 2.75) is 17.1 Å². The number of thiazole rings is 1. The molecule has 2 amide bonds. The summed E-state index contributed by atoms with van der Waals surface area (Å²) in [4.78, 5) is 40.7. The number of amides is 2. The summed E-state index contributed by atoms with van der Waals surface area (Å²) in [6.07, 6.45) is 0. The van der Waals surface area contributed by atoms with E-state index in [0.717, 1.165) is 16.2 Å². The van der Waals surface area contributed by atoms with Gasteiger partial charge in [0.05, 0.1) is 23.0 Å². The first kappa shape index (κ1) is 25.9. The van der Waals surface area contributed by atoms with Crippen LogP contribution < -0.4 is 15.4 Å². The Hall–Kier alpha value is -4.22. The van der Waals surface area contributed by atoms with E-state index in [1.165, 1.54) is 47.4 Å². The van der Waals surface area contributed by atoms with Crippen molar-refractivity contribution >= 4 is 51.4 Å². The summed E-state index contributed by atoms with van der Waals surface area (Å²) >= 11 is 2.72. The largest absolute Gasteiger partial charge is 0.496 e. The molecule has 37 heavy (non-hydrogen) atoms. The number of ether oxygens (including phenoxy) is 1. The van der Waals surface area contributed by atoms with Gasteiger partial charge >= 0.3 is 0 Å². The quantitative estimate of drug-likeness (QED) is 0.151. The molecule has 11 heteroatoms. The fourth-order valence-corrected chi connectivity index (χ4v) is 4.91. The number of non-ortho nitro benzene ring substituents is 1. The molecule has 0 aliphatic rings. The van der Waals surface area contributed by atoms with Gasteiger partial charge in [-0.3, -0.25) is 19.7 Å². The molecule has 0 saturated carbocycles. The Morgan fingerprint density at radius 1 is 1.03 bits per heavy atom. The molecule has 0 radical (unpaired) electrons. The molecule has 1 aromatic heterocycles. The number of aromatic nitrogens is 1. The third kappa shape index (κ3) is 6.51. The van der Waals surface area contributed by atoms with Crippen molar-refractivity contribution in [2.75, 3.05) is 17.7 Å². The minimum atomic E-state index is -0.518. The van der Waals surface area contributed by atoms with E-state index in [1.54, 1.807) is 26.2 Å². The molecule has 0 aliphatic carbocycles. The number of nitro groups is 1. The van der Waals surface area contributed by atoms with Gasteiger partial charge < -0.3 is 15.4 Å². The lowest BCUT2D eigenvalue weighted by Crippen LogP contribution is -2.22. The van der Waals surface area contributed by atoms with Crippen molar-refractivity contribution < 1.29 is 19.2 Å². The maximum atomic E-state index is 12.7. The second kappa shape index (κ2) is 11.7. The van der Waals surface area contributed by atoms with Crippen LogP contribution in [-0.2, 0) is 4.79 Å². The molecular formula is C26H22N4O5S2. The fraction of sp³-hybridized carbons (Fsp3) is 0.115. The molecule has 9 nitrogen and oxygen atoms in total. The molecule has 1 heterocycles. The maximum absolute atomic E-state index is 12.7. The molecule has 0 bridgehead atoms. The SMILES string of the molecule is COc1ccccc1-c1csc(NC(=O)C(C)Sc2ccc(NC(=O)c3ccc([N+](=O)[O-])cc3)cc2)n1. The first-order chi connectivity index (χ1) is 17.8. The van der Waals surface area contributed by atoms with E-state index in [-0.39, 0.29) is 22.8 Å². The molecule has 0 aliphatic heterocycles. The van der Waals surface area contributed by atoms with Gasteiger partial charge in [-0.2, -0.15) is 0 Å². The number of nitro benzene ring substituents is 1. The number of carbonyl (C=O) groups excluding carboxylic acids is 2. The van der Waals surface area contributed by atoms with Gasteiger partial charge in [-0.15, -0.1) is 23.1 Å². The van der Waals surface area contributed by atoms with Crippen LogP contribution in [0.5, 0.6) is 5.75 Å². The maximum Gasteiger partial charge on any atom is 0.269 e. The van der Waals surface area contributed by atoms with Gasteiger partial charge in [0.2, 0.25) is 5.91 Å². The summed E-state index contributed by atoms with van der Waals surface area (Å²) in [5.41, 5.74) is 2.37. The summed E-state index contributed by atoms with van der Waals surface area (Å²) in [7, 11) is 1.60. The number of nitrogens with zero attached hydrogens (tertiary/aromatic N) is 2. The molecule has 3 aromatic carbocycles. The molecule has 0 spiro atoms. The zero-order chi connectivity index (χ0) is 26.4. The third-order valence-electron chi connectivity index (χ3n) is 5.25. The Morgan fingerprint density at radius 3 is 2.41 bits per heavy atom. The monoisotopic (exact) mass is 534 g/mol. The summed E-state index contributed by atoms with van der Waals surface area (Å²) in [5, 5.41) is 18.4. The number of thioether (sulfide) groups is 1. The Morgan fingerprint density at radius 2 is 1.73 bits per heavy atom. The first-order valence-electron chi connectivity index (χ1n) is 11.1. The highest BCUT2D eigenvalue weighted by atomic mass is 32.2.